The van der Waals surface area contributed by atoms with Gasteiger partial charge in [0.1, 0.15) is 11.8 Å². The SMILES string of the molecule is COc1cc(Cl)cc2cc(C(=O)C3=C(O)C(=O)N(Cc4cccnc4)C3c3ccco3)oc12. The lowest BCUT2D eigenvalue weighted by Crippen LogP contribution is -2.30. The van der Waals surface area contributed by atoms with Crippen LogP contribution in [0.5, 0.6) is 5.75 Å². The molecule has 33 heavy (non-hydrogen) atoms. The summed E-state index contributed by atoms with van der Waals surface area (Å²) in [7, 11) is 1.46. The van der Waals surface area contributed by atoms with Crippen LogP contribution in [0.3, 0.4) is 0 Å². The molecule has 1 unspecified atom stereocenters. The minimum absolute atomic E-state index is 0.0697. The Kier molecular flexibility index (Phi) is 5.14. The van der Waals surface area contributed by atoms with Gasteiger partial charge in [-0.2, -0.15) is 0 Å². The topological polar surface area (TPSA) is 106 Å². The molecule has 0 saturated carbocycles. The molecular formula is C24H17ClN2O6. The molecule has 1 aromatic carbocycles. The molecule has 1 aliphatic rings. The van der Waals surface area contributed by atoms with E-state index in [0.29, 0.717) is 27.5 Å². The molecule has 1 atom stereocenters. The number of ether oxygens (including phenoxy) is 1. The second-order valence-corrected chi connectivity index (χ2v) is 7.88. The minimum Gasteiger partial charge on any atom is -0.503 e. The van der Waals surface area contributed by atoms with E-state index in [0.717, 1.165) is 5.56 Å². The van der Waals surface area contributed by atoms with Gasteiger partial charge in [0.25, 0.3) is 5.91 Å². The first-order chi connectivity index (χ1) is 16.0. The highest BCUT2D eigenvalue weighted by Crippen LogP contribution is 2.41. The van der Waals surface area contributed by atoms with Gasteiger partial charge < -0.3 is 23.6 Å². The Morgan fingerprint density at radius 3 is 2.82 bits per heavy atom. The molecule has 4 aromatic rings. The first kappa shape index (κ1) is 20.8. The second kappa shape index (κ2) is 8.14. The molecule has 1 amide bonds. The van der Waals surface area contributed by atoms with Crippen LogP contribution in [0.25, 0.3) is 11.0 Å². The van der Waals surface area contributed by atoms with Gasteiger partial charge >= 0.3 is 0 Å². The number of aromatic nitrogens is 1. The van der Waals surface area contributed by atoms with Gasteiger partial charge in [-0.25, -0.2) is 0 Å². The number of carbonyl (C=O) groups excluding carboxylic acids is 2. The Bertz CT molecular complexity index is 1390. The normalized spacial score (nSPS) is 16.1. The van der Waals surface area contributed by atoms with Crippen LogP contribution in [-0.4, -0.2) is 33.8 Å². The number of pyridine rings is 1. The van der Waals surface area contributed by atoms with Crippen molar-refractivity contribution >= 4 is 34.3 Å². The number of furan rings is 2. The third-order valence-corrected chi connectivity index (χ3v) is 5.65. The number of fused-ring (bicyclic) bond motifs is 1. The standard InChI is InChI=1S/C24H17ClN2O6/c1-31-18-10-15(25)8-14-9-17(33-23(14)18)21(28)19-20(16-5-3-7-32-16)27(24(30)22(19)29)12-13-4-2-6-26-11-13/h2-11,20,29H,12H2,1H3. The third kappa shape index (κ3) is 3.54. The molecule has 0 fully saturated rings. The van der Waals surface area contributed by atoms with Gasteiger partial charge in [0.2, 0.25) is 5.78 Å². The number of aliphatic hydroxyl groups is 1. The van der Waals surface area contributed by atoms with E-state index in [1.54, 1.807) is 48.8 Å². The number of carbonyl (C=O) groups is 2. The summed E-state index contributed by atoms with van der Waals surface area (Å²) in [5.74, 6) is -1.38. The van der Waals surface area contributed by atoms with E-state index in [1.165, 1.54) is 24.3 Å². The highest BCUT2D eigenvalue weighted by molar-refractivity contribution is 6.31. The quantitative estimate of drug-likeness (QED) is 0.406. The lowest BCUT2D eigenvalue weighted by molar-refractivity contribution is -0.130. The van der Waals surface area contributed by atoms with Crippen molar-refractivity contribution in [2.45, 2.75) is 12.6 Å². The lowest BCUT2D eigenvalue weighted by atomic mass is 9.99. The Balaban J connectivity index is 1.59. The van der Waals surface area contributed by atoms with Gasteiger partial charge in [0, 0.05) is 35.4 Å². The molecule has 3 aromatic heterocycles. The predicted molar refractivity (Wildman–Crippen MR) is 118 cm³/mol. The van der Waals surface area contributed by atoms with E-state index >= 15 is 0 Å². The van der Waals surface area contributed by atoms with Gasteiger partial charge in [-0.15, -0.1) is 0 Å². The maximum absolute atomic E-state index is 13.5. The maximum atomic E-state index is 13.5. The highest BCUT2D eigenvalue weighted by atomic mass is 35.5. The number of hydrogen-bond acceptors (Lipinski definition) is 7. The van der Waals surface area contributed by atoms with Gasteiger partial charge in [-0.1, -0.05) is 17.7 Å². The number of rotatable bonds is 6. The number of nitrogens with zero attached hydrogens (tertiary/aromatic N) is 2. The molecule has 1 aliphatic heterocycles. The monoisotopic (exact) mass is 464 g/mol. The first-order valence-electron chi connectivity index (χ1n) is 9.96. The van der Waals surface area contributed by atoms with E-state index in [1.807, 2.05) is 0 Å². The molecule has 4 heterocycles. The van der Waals surface area contributed by atoms with E-state index in [2.05, 4.69) is 4.98 Å². The van der Waals surface area contributed by atoms with Crippen molar-refractivity contribution in [1.82, 2.24) is 9.88 Å². The summed E-state index contributed by atoms with van der Waals surface area (Å²) in [6.07, 6.45) is 4.66. The van der Waals surface area contributed by atoms with Crippen LogP contribution in [0.2, 0.25) is 5.02 Å². The predicted octanol–water partition coefficient (Wildman–Crippen LogP) is 4.86. The Labute approximate surface area is 192 Å². The van der Waals surface area contributed by atoms with Crippen LogP contribution in [0.15, 0.2) is 81.3 Å². The van der Waals surface area contributed by atoms with Crippen molar-refractivity contribution in [3.8, 4) is 5.75 Å². The third-order valence-electron chi connectivity index (χ3n) is 5.43. The van der Waals surface area contributed by atoms with Crippen LogP contribution in [-0.2, 0) is 11.3 Å². The van der Waals surface area contributed by atoms with E-state index in [4.69, 9.17) is 25.2 Å². The Morgan fingerprint density at radius 1 is 1.27 bits per heavy atom. The Hall–Kier alpha value is -4.04. The molecule has 0 saturated heterocycles. The van der Waals surface area contributed by atoms with E-state index in [9.17, 15) is 14.7 Å². The minimum atomic E-state index is -0.945. The van der Waals surface area contributed by atoms with Gasteiger partial charge in [0.05, 0.1) is 18.9 Å². The zero-order chi connectivity index (χ0) is 23.1. The molecule has 1 N–H and O–H groups in total. The van der Waals surface area contributed by atoms with Crippen LogP contribution >= 0.6 is 11.6 Å². The molecule has 0 spiro atoms. The van der Waals surface area contributed by atoms with Crippen LogP contribution in [0, 0.1) is 0 Å². The smallest absolute Gasteiger partial charge is 0.290 e. The molecule has 8 nitrogen and oxygen atoms in total. The number of Topliss-reactive ketones (excluding diaryl/α,β-unsaturated/α-hetero) is 1. The summed E-state index contributed by atoms with van der Waals surface area (Å²) in [6, 6.07) is 10.6. The van der Waals surface area contributed by atoms with Gasteiger partial charge in [-0.3, -0.25) is 14.6 Å². The number of aliphatic hydroxyl groups excluding tert-OH is 1. The summed E-state index contributed by atoms with van der Waals surface area (Å²) in [5, 5.41) is 11.7. The molecular weight excluding hydrogens is 448 g/mol. The lowest BCUT2D eigenvalue weighted by Gasteiger charge is -2.24. The zero-order valence-corrected chi connectivity index (χ0v) is 18.1. The molecule has 0 bridgehead atoms. The van der Waals surface area contributed by atoms with Crippen molar-refractivity contribution in [2.75, 3.05) is 7.11 Å². The molecule has 5 rings (SSSR count). The number of halogens is 1. The number of amides is 1. The van der Waals surface area contributed by atoms with Crippen LogP contribution in [0.1, 0.15) is 27.9 Å². The van der Waals surface area contributed by atoms with E-state index < -0.39 is 23.5 Å². The van der Waals surface area contributed by atoms with Gasteiger partial charge in [0.15, 0.2) is 22.9 Å². The fraction of sp³-hybridized carbons (Fsp3) is 0.125. The largest absolute Gasteiger partial charge is 0.503 e. The summed E-state index contributed by atoms with van der Waals surface area (Å²) in [5.41, 5.74) is 0.923. The number of methoxy groups -OCH3 is 1. The average Bonchev–Trinajstić information content (AvgIpc) is 3.54. The zero-order valence-electron chi connectivity index (χ0n) is 17.3. The number of ketones is 1. The molecule has 0 radical (unpaired) electrons. The highest BCUT2D eigenvalue weighted by Gasteiger charge is 2.46. The summed E-state index contributed by atoms with van der Waals surface area (Å²) >= 11 is 6.12. The van der Waals surface area contributed by atoms with Crippen LogP contribution in [0.4, 0.5) is 0 Å². The van der Waals surface area contributed by atoms with Crippen molar-refractivity contribution in [2.24, 2.45) is 0 Å². The fourth-order valence-corrected chi connectivity index (χ4v) is 4.18. The summed E-state index contributed by atoms with van der Waals surface area (Å²) < 4.78 is 16.6. The van der Waals surface area contributed by atoms with Crippen molar-refractivity contribution < 1.29 is 28.3 Å². The number of hydrogen-bond donors (Lipinski definition) is 1. The molecule has 0 aliphatic carbocycles. The Morgan fingerprint density at radius 2 is 2.12 bits per heavy atom. The number of benzene rings is 1. The van der Waals surface area contributed by atoms with Gasteiger partial charge in [-0.05, 0) is 35.9 Å². The molecule has 9 heteroatoms. The van der Waals surface area contributed by atoms with Crippen LogP contribution < -0.4 is 4.74 Å². The average molecular weight is 465 g/mol. The van der Waals surface area contributed by atoms with Crippen molar-refractivity contribution in [3.63, 3.8) is 0 Å². The van der Waals surface area contributed by atoms with E-state index in [-0.39, 0.29) is 17.9 Å². The maximum Gasteiger partial charge on any atom is 0.290 e. The van der Waals surface area contributed by atoms with Crippen molar-refractivity contribution in [1.29, 1.82) is 0 Å². The second-order valence-electron chi connectivity index (χ2n) is 7.44. The molecule has 166 valence electrons. The summed E-state index contributed by atoms with van der Waals surface area (Å²) in [6.45, 7) is 0.114. The van der Waals surface area contributed by atoms with Crippen molar-refractivity contribution in [3.05, 3.63) is 94.6 Å². The first-order valence-corrected chi connectivity index (χ1v) is 10.3. The fourth-order valence-electron chi connectivity index (χ4n) is 3.96. The summed E-state index contributed by atoms with van der Waals surface area (Å²) in [4.78, 5) is 32.0.